The molecule has 0 aromatic carbocycles. The van der Waals surface area contributed by atoms with E-state index in [0.717, 1.165) is 14.7 Å². The van der Waals surface area contributed by atoms with Gasteiger partial charge in [-0.05, 0) is 46.0 Å². The standard InChI is InChI=1S/C25H38N6O8/c1-5-6-11-28-19(34)17(18(26)27)20(35)31(23(28)38)16-7-9-25(10-8-16,13-39-15(2)33)12-30-22(37)29(14-32)21(36)24(30,3)4/h16,32H,5-14,26-27H2,1-4H3. The Labute approximate surface area is 226 Å². The summed E-state index contributed by atoms with van der Waals surface area (Å²) in [6.07, 6.45) is 2.48. The summed E-state index contributed by atoms with van der Waals surface area (Å²) < 4.78 is 5.36. The Bertz CT molecular complexity index is 1090. The zero-order valence-corrected chi connectivity index (χ0v) is 22.9. The maximum Gasteiger partial charge on any atom is 0.334 e. The summed E-state index contributed by atoms with van der Waals surface area (Å²) >= 11 is 0. The highest BCUT2D eigenvalue weighted by Gasteiger charge is 2.55. The number of carbonyl (C=O) groups excluding carboxylic acids is 6. The molecule has 3 rings (SSSR count). The van der Waals surface area contributed by atoms with Crippen LogP contribution in [-0.2, 0) is 23.9 Å². The van der Waals surface area contributed by atoms with Crippen LogP contribution in [0.1, 0.15) is 66.2 Å². The summed E-state index contributed by atoms with van der Waals surface area (Å²) in [5.41, 5.74) is 8.87. The number of rotatable bonds is 9. The normalized spacial score (nSPS) is 25.6. The molecule has 2 aliphatic heterocycles. The van der Waals surface area contributed by atoms with Crippen LogP contribution in [0.15, 0.2) is 11.4 Å². The number of urea groups is 2. The molecule has 0 radical (unpaired) electrons. The van der Waals surface area contributed by atoms with Gasteiger partial charge in [-0.3, -0.25) is 29.0 Å². The van der Waals surface area contributed by atoms with E-state index < -0.39 is 70.9 Å². The Hall–Kier alpha value is -3.68. The van der Waals surface area contributed by atoms with Crippen LogP contribution in [0.25, 0.3) is 0 Å². The number of nitrogens with zero attached hydrogens (tertiary/aromatic N) is 4. The van der Waals surface area contributed by atoms with Crippen molar-refractivity contribution in [1.29, 1.82) is 0 Å². The van der Waals surface area contributed by atoms with Crippen molar-refractivity contribution >= 4 is 35.8 Å². The van der Waals surface area contributed by atoms with Gasteiger partial charge in [0, 0.05) is 31.5 Å². The molecular weight excluding hydrogens is 512 g/mol. The molecule has 0 aromatic rings. The molecule has 1 aliphatic carbocycles. The van der Waals surface area contributed by atoms with Gasteiger partial charge in [0.05, 0.1) is 6.61 Å². The fraction of sp³-hybridized carbons (Fsp3) is 0.680. The van der Waals surface area contributed by atoms with E-state index in [1.807, 2.05) is 6.92 Å². The molecule has 2 saturated heterocycles. The largest absolute Gasteiger partial charge is 0.465 e. The highest BCUT2D eigenvalue weighted by molar-refractivity contribution is 6.29. The van der Waals surface area contributed by atoms with Crippen molar-refractivity contribution in [2.24, 2.45) is 16.9 Å². The lowest BCUT2D eigenvalue weighted by Crippen LogP contribution is -2.61. The van der Waals surface area contributed by atoms with Crippen LogP contribution in [0.3, 0.4) is 0 Å². The van der Waals surface area contributed by atoms with Crippen molar-refractivity contribution < 1.29 is 38.6 Å². The summed E-state index contributed by atoms with van der Waals surface area (Å²) in [4.78, 5) is 80.9. The van der Waals surface area contributed by atoms with Crippen molar-refractivity contribution in [2.75, 3.05) is 26.4 Å². The number of amides is 7. The summed E-state index contributed by atoms with van der Waals surface area (Å²) in [6, 6.07) is -1.99. The quantitative estimate of drug-likeness (QED) is 0.154. The molecule has 216 valence electrons. The van der Waals surface area contributed by atoms with Crippen LogP contribution in [0.2, 0.25) is 0 Å². The molecule has 14 heteroatoms. The van der Waals surface area contributed by atoms with Gasteiger partial charge in [-0.1, -0.05) is 13.3 Å². The predicted molar refractivity (Wildman–Crippen MR) is 136 cm³/mol. The lowest BCUT2D eigenvalue weighted by molar-refractivity contribution is -0.147. The van der Waals surface area contributed by atoms with E-state index in [1.54, 1.807) is 13.8 Å². The number of hydrogen-bond acceptors (Lipinski definition) is 10. The molecule has 0 atom stereocenters. The van der Waals surface area contributed by atoms with E-state index in [1.165, 1.54) is 11.8 Å². The molecule has 0 spiro atoms. The number of imide groups is 3. The number of barbiturate groups is 1. The first-order valence-electron chi connectivity index (χ1n) is 13.0. The first-order chi connectivity index (χ1) is 18.2. The number of hydrogen-bond donors (Lipinski definition) is 3. The molecule has 0 aromatic heterocycles. The van der Waals surface area contributed by atoms with Gasteiger partial charge >= 0.3 is 18.0 Å². The van der Waals surface area contributed by atoms with E-state index in [4.69, 9.17) is 16.2 Å². The summed E-state index contributed by atoms with van der Waals surface area (Å²) in [7, 11) is 0. The number of nitrogens with two attached hydrogens (primary N) is 2. The molecule has 14 nitrogen and oxygen atoms in total. The molecule has 3 aliphatic rings. The molecule has 2 heterocycles. The molecule has 1 saturated carbocycles. The minimum absolute atomic E-state index is 0.0466. The van der Waals surface area contributed by atoms with Crippen LogP contribution < -0.4 is 11.5 Å². The predicted octanol–water partition coefficient (Wildman–Crippen LogP) is 0.191. The monoisotopic (exact) mass is 550 g/mol. The van der Waals surface area contributed by atoms with Gasteiger partial charge in [0.15, 0.2) is 0 Å². The Morgan fingerprint density at radius 3 is 2.13 bits per heavy atom. The Kier molecular flexibility index (Phi) is 8.58. The molecule has 3 fully saturated rings. The Morgan fingerprint density at radius 2 is 1.64 bits per heavy atom. The minimum atomic E-state index is -1.24. The fourth-order valence-corrected chi connectivity index (χ4v) is 5.45. The van der Waals surface area contributed by atoms with Gasteiger partial charge in [-0.25, -0.2) is 14.5 Å². The average molecular weight is 551 g/mol. The number of aliphatic hydroxyl groups excluding tert-OH is 1. The third-order valence-electron chi connectivity index (χ3n) is 7.86. The molecular formula is C25H38N6O8. The van der Waals surface area contributed by atoms with Gasteiger partial charge in [-0.2, -0.15) is 0 Å². The summed E-state index contributed by atoms with van der Waals surface area (Å²) in [5.74, 6) is -3.20. The zero-order chi connectivity index (χ0) is 29.3. The SMILES string of the molecule is CCCCN1C(=O)C(=C(N)N)C(=O)N(C2CCC(COC(C)=O)(CN3C(=O)N(CO)C(=O)C3(C)C)CC2)C1=O. The first-order valence-corrected chi connectivity index (χ1v) is 13.0. The molecule has 7 amide bonds. The van der Waals surface area contributed by atoms with E-state index in [0.29, 0.717) is 25.7 Å². The topological polar surface area (TPSA) is 197 Å². The van der Waals surface area contributed by atoms with Crippen LogP contribution in [0, 0.1) is 5.41 Å². The van der Waals surface area contributed by atoms with E-state index >= 15 is 0 Å². The molecule has 0 bridgehead atoms. The van der Waals surface area contributed by atoms with Crippen molar-refractivity contribution in [3.05, 3.63) is 11.4 Å². The molecule has 39 heavy (non-hydrogen) atoms. The van der Waals surface area contributed by atoms with Crippen LogP contribution in [-0.4, -0.2) is 98.5 Å². The van der Waals surface area contributed by atoms with Gasteiger partial charge in [0.25, 0.3) is 17.7 Å². The summed E-state index contributed by atoms with van der Waals surface area (Å²) in [6.45, 7) is 5.66. The van der Waals surface area contributed by atoms with Crippen molar-refractivity contribution in [3.8, 4) is 0 Å². The van der Waals surface area contributed by atoms with Crippen LogP contribution in [0.4, 0.5) is 9.59 Å². The van der Waals surface area contributed by atoms with Gasteiger partial charge in [-0.15, -0.1) is 0 Å². The molecule has 0 unspecified atom stereocenters. The second-order valence-corrected chi connectivity index (χ2v) is 10.9. The minimum Gasteiger partial charge on any atom is -0.465 e. The highest BCUT2D eigenvalue weighted by Crippen LogP contribution is 2.43. The van der Waals surface area contributed by atoms with Gasteiger partial charge in [0.2, 0.25) is 0 Å². The smallest absolute Gasteiger partial charge is 0.334 e. The lowest BCUT2D eigenvalue weighted by Gasteiger charge is -2.46. The second kappa shape index (κ2) is 11.2. The van der Waals surface area contributed by atoms with Crippen molar-refractivity contribution in [3.63, 3.8) is 0 Å². The number of carbonyl (C=O) groups is 6. The van der Waals surface area contributed by atoms with E-state index in [-0.39, 0.29) is 32.5 Å². The number of aliphatic hydroxyl groups is 1. The van der Waals surface area contributed by atoms with Gasteiger partial charge < -0.3 is 26.2 Å². The second-order valence-electron chi connectivity index (χ2n) is 10.9. The fourth-order valence-electron chi connectivity index (χ4n) is 5.45. The third kappa shape index (κ3) is 5.42. The number of esters is 1. The third-order valence-corrected chi connectivity index (χ3v) is 7.86. The highest BCUT2D eigenvalue weighted by atomic mass is 16.5. The van der Waals surface area contributed by atoms with Crippen LogP contribution in [0.5, 0.6) is 0 Å². The van der Waals surface area contributed by atoms with Crippen LogP contribution >= 0.6 is 0 Å². The van der Waals surface area contributed by atoms with Gasteiger partial charge in [0.1, 0.15) is 23.7 Å². The maximum absolute atomic E-state index is 13.3. The first kappa shape index (κ1) is 29.9. The van der Waals surface area contributed by atoms with Crippen molar-refractivity contribution in [2.45, 2.75) is 77.8 Å². The average Bonchev–Trinajstić information content (AvgIpc) is 3.02. The zero-order valence-electron chi connectivity index (χ0n) is 22.9. The Balaban J connectivity index is 1.88. The number of ether oxygens (including phenoxy) is 1. The molecule has 5 N–H and O–H groups in total. The summed E-state index contributed by atoms with van der Waals surface area (Å²) in [5, 5.41) is 9.56. The Morgan fingerprint density at radius 1 is 1.03 bits per heavy atom. The van der Waals surface area contributed by atoms with E-state index in [2.05, 4.69) is 0 Å². The maximum atomic E-state index is 13.3. The number of unbranched alkanes of at least 4 members (excludes halogenated alkanes) is 1. The van der Waals surface area contributed by atoms with Crippen molar-refractivity contribution in [1.82, 2.24) is 19.6 Å². The van der Waals surface area contributed by atoms with E-state index in [9.17, 15) is 33.9 Å². The lowest BCUT2D eigenvalue weighted by atomic mass is 9.71.